The average Bonchev–Trinajstić information content (AvgIpc) is 2.57. The standard InChI is InChI=1S/C18H19F2N3OS.H3N.2H2O/c19-18(20)8-5-12(6-9-18)23-14-7-10-22-17(24)15(14)16(21)11-1-3-13(25)4-2-11;;;/h1-4,7,10,12,21,25H,5-6,8-9H2,(H2,22,23,24);1H3;2*1H2. The molecule has 1 heterocycles. The van der Waals surface area contributed by atoms with Crippen molar-refractivity contribution in [2.45, 2.75) is 42.5 Å². The molecule has 10 heteroatoms. The molecule has 1 saturated carbocycles. The van der Waals surface area contributed by atoms with Crippen LogP contribution in [0.2, 0.25) is 0 Å². The van der Waals surface area contributed by atoms with Gasteiger partial charge in [0.2, 0.25) is 5.92 Å². The third kappa shape index (κ3) is 5.86. The van der Waals surface area contributed by atoms with Gasteiger partial charge in [0.25, 0.3) is 5.56 Å². The number of aromatic amines is 1. The first-order valence-corrected chi connectivity index (χ1v) is 8.55. The van der Waals surface area contributed by atoms with Crippen molar-refractivity contribution in [3.8, 4) is 0 Å². The first kappa shape index (κ1) is 25.7. The average molecular weight is 416 g/mol. The largest absolute Gasteiger partial charge is 0.412 e. The van der Waals surface area contributed by atoms with E-state index in [9.17, 15) is 13.6 Å². The van der Waals surface area contributed by atoms with E-state index in [1.54, 1.807) is 30.3 Å². The molecule has 0 saturated heterocycles. The van der Waals surface area contributed by atoms with Crippen LogP contribution in [0.4, 0.5) is 14.5 Å². The van der Waals surface area contributed by atoms with Crippen LogP contribution in [0.15, 0.2) is 46.2 Å². The lowest BCUT2D eigenvalue weighted by Gasteiger charge is -2.30. The number of alkyl halides is 2. The van der Waals surface area contributed by atoms with Crippen LogP contribution in [0.3, 0.4) is 0 Å². The topological polar surface area (TPSA) is 167 Å². The fourth-order valence-electron chi connectivity index (χ4n) is 3.02. The maximum Gasteiger partial charge on any atom is 0.259 e. The minimum Gasteiger partial charge on any atom is -0.412 e. The molecule has 1 fully saturated rings. The first-order chi connectivity index (χ1) is 11.9. The Bertz CT molecular complexity index is 833. The minimum atomic E-state index is -2.60. The molecule has 1 aromatic carbocycles. The van der Waals surface area contributed by atoms with Gasteiger partial charge in [-0.25, -0.2) is 8.78 Å². The molecule has 0 radical (unpaired) electrons. The normalized spacial score (nSPS) is 15.4. The predicted octanol–water partition coefficient (Wildman–Crippen LogP) is 2.58. The lowest BCUT2D eigenvalue weighted by Crippen LogP contribution is -2.33. The van der Waals surface area contributed by atoms with Gasteiger partial charge in [0.1, 0.15) is 0 Å². The molecule has 3 rings (SSSR count). The molecule has 2 aromatic rings. The quantitative estimate of drug-likeness (QED) is 0.382. The van der Waals surface area contributed by atoms with Crippen LogP contribution in [0, 0.1) is 5.41 Å². The van der Waals surface area contributed by atoms with Crippen LogP contribution in [-0.2, 0) is 0 Å². The lowest BCUT2D eigenvalue weighted by atomic mass is 9.91. The van der Waals surface area contributed by atoms with Crippen molar-refractivity contribution in [1.82, 2.24) is 11.1 Å². The molecule has 0 aliphatic heterocycles. The van der Waals surface area contributed by atoms with E-state index in [1.165, 1.54) is 6.20 Å². The van der Waals surface area contributed by atoms with Gasteiger partial charge in [-0.1, -0.05) is 12.1 Å². The maximum absolute atomic E-state index is 13.3. The zero-order chi connectivity index (χ0) is 18.0. The molecular formula is C18H26F2N4O3S. The van der Waals surface area contributed by atoms with Crippen molar-refractivity contribution in [1.29, 1.82) is 5.41 Å². The van der Waals surface area contributed by atoms with Crippen LogP contribution in [0.5, 0.6) is 0 Å². The molecule has 0 unspecified atom stereocenters. The molecule has 0 bridgehead atoms. The van der Waals surface area contributed by atoms with Gasteiger partial charge in [-0.05, 0) is 31.0 Å². The van der Waals surface area contributed by atoms with E-state index in [1.807, 2.05) is 0 Å². The summed E-state index contributed by atoms with van der Waals surface area (Å²) in [6.07, 6.45) is 1.84. The summed E-state index contributed by atoms with van der Waals surface area (Å²) in [4.78, 5) is 15.6. The number of H-pyrrole nitrogens is 1. The van der Waals surface area contributed by atoms with Crippen molar-refractivity contribution in [3.63, 3.8) is 0 Å². The Balaban J connectivity index is 0.00000243. The Morgan fingerprint density at radius 1 is 1.14 bits per heavy atom. The molecule has 156 valence electrons. The monoisotopic (exact) mass is 416 g/mol. The van der Waals surface area contributed by atoms with Gasteiger partial charge in [-0.3, -0.25) is 10.2 Å². The third-order valence-corrected chi connectivity index (χ3v) is 4.74. The van der Waals surface area contributed by atoms with E-state index in [-0.39, 0.29) is 52.8 Å². The van der Waals surface area contributed by atoms with E-state index in [4.69, 9.17) is 5.41 Å². The molecule has 1 aliphatic rings. The maximum atomic E-state index is 13.3. The van der Waals surface area contributed by atoms with E-state index >= 15 is 0 Å². The van der Waals surface area contributed by atoms with E-state index in [0.29, 0.717) is 24.1 Å². The van der Waals surface area contributed by atoms with Crippen LogP contribution >= 0.6 is 12.6 Å². The van der Waals surface area contributed by atoms with Crippen LogP contribution in [0.25, 0.3) is 0 Å². The van der Waals surface area contributed by atoms with Crippen molar-refractivity contribution in [2.75, 3.05) is 5.32 Å². The van der Waals surface area contributed by atoms with Crippen LogP contribution in [0.1, 0.15) is 36.8 Å². The molecule has 0 spiro atoms. The third-order valence-electron chi connectivity index (χ3n) is 4.44. The van der Waals surface area contributed by atoms with E-state index in [2.05, 4.69) is 22.9 Å². The Morgan fingerprint density at radius 2 is 1.71 bits per heavy atom. The number of aromatic nitrogens is 1. The number of anilines is 1. The summed E-state index contributed by atoms with van der Waals surface area (Å²) >= 11 is 4.22. The number of halogens is 2. The van der Waals surface area contributed by atoms with Gasteiger partial charge < -0.3 is 27.4 Å². The summed E-state index contributed by atoms with van der Waals surface area (Å²) in [6.45, 7) is 0. The summed E-state index contributed by atoms with van der Waals surface area (Å²) in [5, 5.41) is 11.6. The van der Waals surface area contributed by atoms with Crippen molar-refractivity contribution in [3.05, 3.63) is 58.0 Å². The smallest absolute Gasteiger partial charge is 0.259 e. The van der Waals surface area contributed by atoms with Crippen molar-refractivity contribution in [2.24, 2.45) is 0 Å². The number of pyridine rings is 1. The molecule has 1 aromatic heterocycles. The molecule has 1 aliphatic carbocycles. The van der Waals surface area contributed by atoms with Gasteiger partial charge in [-0.15, -0.1) is 12.6 Å². The second kappa shape index (κ2) is 10.3. The molecule has 28 heavy (non-hydrogen) atoms. The van der Waals surface area contributed by atoms with Gasteiger partial charge in [-0.2, -0.15) is 0 Å². The summed E-state index contributed by atoms with van der Waals surface area (Å²) in [5.74, 6) is -2.60. The van der Waals surface area contributed by atoms with Gasteiger partial charge in [0, 0.05) is 35.5 Å². The van der Waals surface area contributed by atoms with Gasteiger partial charge >= 0.3 is 0 Å². The zero-order valence-electron chi connectivity index (χ0n) is 15.2. The Hall–Kier alpha value is -2.27. The molecule has 0 atom stereocenters. The number of nitrogens with one attached hydrogen (secondary N) is 3. The van der Waals surface area contributed by atoms with Crippen molar-refractivity contribution >= 4 is 24.0 Å². The van der Waals surface area contributed by atoms with Crippen molar-refractivity contribution < 1.29 is 19.7 Å². The number of rotatable bonds is 4. The second-order valence-electron chi connectivity index (χ2n) is 6.29. The van der Waals surface area contributed by atoms with Gasteiger partial charge in [0.05, 0.1) is 17.0 Å². The highest BCUT2D eigenvalue weighted by molar-refractivity contribution is 7.80. The zero-order valence-corrected chi connectivity index (χ0v) is 16.1. The van der Waals surface area contributed by atoms with E-state index in [0.717, 1.165) is 4.90 Å². The molecule has 0 amide bonds. The second-order valence-corrected chi connectivity index (χ2v) is 6.81. The number of hydrogen-bond acceptors (Lipinski definition) is 5. The molecule has 7 nitrogen and oxygen atoms in total. The summed E-state index contributed by atoms with van der Waals surface area (Å²) in [7, 11) is 0. The fourth-order valence-corrected chi connectivity index (χ4v) is 3.17. The highest BCUT2D eigenvalue weighted by Gasteiger charge is 2.35. The predicted molar refractivity (Wildman–Crippen MR) is 110 cm³/mol. The fraction of sp³-hybridized carbons (Fsp3) is 0.333. The minimum absolute atomic E-state index is 0. The number of benzene rings is 1. The van der Waals surface area contributed by atoms with Gasteiger partial charge in [0.15, 0.2) is 0 Å². The Labute approximate surface area is 166 Å². The number of thiol groups is 1. The van der Waals surface area contributed by atoms with Crippen LogP contribution in [-0.4, -0.2) is 33.6 Å². The molecule has 10 N–H and O–H groups in total. The lowest BCUT2D eigenvalue weighted by molar-refractivity contribution is -0.0360. The summed E-state index contributed by atoms with van der Waals surface area (Å²) in [6, 6.07) is 8.49. The first-order valence-electron chi connectivity index (χ1n) is 8.10. The Kier molecular flexibility index (Phi) is 9.49. The molecular weight excluding hydrogens is 390 g/mol. The SMILES string of the molecule is N.N=C(c1ccc(S)cc1)c1c(NC2CCC(F)(F)CC2)cc[nH]c1=O.O.O. The highest BCUT2D eigenvalue weighted by atomic mass is 32.1. The van der Waals surface area contributed by atoms with Crippen LogP contribution < -0.4 is 17.0 Å². The Morgan fingerprint density at radius 3 is 2.29 bits per heavy atom. The highest BCUT2D eigenvalue weighted by Crippen LogP contribution is 2.34. The summed E-state index contributed by atoms with van der Waals surface area (Å²) in [5.41, 5.74) is 1.00. The number of hydrogen-bond donors (Lipinski definition) is 5. The van der Waals surface area contributed by atoms with E-state index < -0.39 is 5.92 Å². The summed E-state index contributed by atoms with van der Waals surface area (Å²) < 4.78 is 26.6.